The Kier molecular flexibility index (Phi) is 4.75. The minimum atomic E-state index is -0.838. The fourth-order valence-electron chi connectivity index (χ4n) is 1.20. The van der Waals surface area contributed by atoms with Crippen LogP contribution in [0.5, 0.6) is 0 Å². The summed E-state index contributed by atoms with van der Waals surface area (Å²) in [7, 11) is -0.177. The molecule has 0 radical (unpaired) electrons. The van der Waals surface area contributed by atoms with Gasteiger partial charge >= 0.3 is 0 Å². The molecule has 0 aromatic carbocycles. The molecule has 0 fully saturated rings. The van der Waals surface area contributed by atoms with Crippen molar-refractivity contribution in [1.29, 1.82) is 0 Å². The van der Waals surface area contributed by atoms with Gasteiger partial charge in [0.15, 0.2) is 0 Å². The molecule has 0 saturated carbocycles. The zero-order valence-electron chi connectivity index (χ0n) is 7.65. The molecule has 0 saturated heterocycles. The van der Waals surface area contributed by atoms with E-state index < -0.39 is 16.9 Å². The van der Waals surface area contributed by atoms with Gasteiger partial charge in [-0.15, -0.1) is 0 Å². The van der Waals surface area contributed by atoms with Crippen molar-refractivity contribution in [1.82, 2.24) is 0 Å². The summed E-state index contributed by atoms with van der Waals surface area (Å²) in [4.78, 5) is 0. The van der Waals surface area contributed by atoms with Crippen LogP contribution >= 0.6 is 0 Å². The van der Waals surface area contributed by atoms with E-state index >= 15 is 0 Å². The van der Waals surface area contributed by atoms with E-state index in [1.165, 1.54) is 21.6 Å². The fraction of sp³-hybridized carbons (Fsp3) is 1.00. The van der Waals surface area contributed by atoms with Crippen molar-refractivity contribution in [2.75, 3.05) is 6.23 Å². The molecule has 4 heteroatoms. The monoisotopic (exact) mass is 192 g/mol. The summed E-state index contributed by atoms with van der Waals surface area (Å²) in [5, 5.41) is 9.00. The Morgan fingerprint density at radius 2 is 1.90 bits per heavy atom. The van der Waals surface area contributed by atoms with E-state index in [1.54, 1.807) is 0 Å². The Morgan fingerprint density at radius 3 is 2.00 bits per heavy atom. The summed E-state index contributed by atoms with van der Waals surface area (Å²) in [6.45, 7) is 7.21. The van der Waals surface area contributed by atoms with Crippen molar-refractivity contribution in [2.45, 2.75) is 31.0 Å². The largest absolute Gasteiger partial charge is 0.400 e. The highest BCUT2D eigenvalue weighted by atomic mass is 28.4. The first-order chi connectivity index (χ1) is 4.49. The van der Waals surface area contributed by atoms with Gasteiger partial charge in [0.05, 0.1) is 8.80 Å². The van der Waals surface area contributed by atoms with Crippen LogP contribution in [-0.4, -0.2) is 38.4 Å². The molecule has 0 bridgehead atoms. The maximum atomic E-state index is 9.00. The van der Waals surface area contributed by atoms with E-state index in [-0.39, 0.29) is 0 Å². The SMILES string of the molecule is C[Si](C)(C)C[SiH](CO)C[SiH3]. The van der Waals surface area contributed by atoms with Crippen LogP contribution in [0, 0.1) is 0 Å². The third kappa shape index (κ3) is 5.40. The molecule has 0 aromatic rings. The lowest BCUT2D eigenvalue weighted by atomic mass is 11.7. The lowest BCUT2D eigenvalue weighted by molar-refractivity contribution is 0.362. The van der Waals surface area contributed by atoms with Crippen LogP contribution in [0.3, 0.4) is 0 Å². The van der Waals surface area contributed by atoms with Crippen molar-refractivity contribution in [3.8, 4) is 0 Å². The predicted molar refractivity (Wildman–Crippen MR) is 57.1 cm³/mol. The molecule has 62 valence electrons. The zero-order chi connectivity index (χ0) is 8.20. The van der Waals surface area contributed by atoms with Gasteiger partial charge in [0.25, 0.3) is 0 Å². The smallest absolute Gasteiger partial charge is 0.0615 e. The van der Waals surface area contributed by atoms with Crippen LogP contribution in [0.1, 0.15) is 0 Å². The predicted octanol–water partition coefficient (Wildman–Crippen LogP) is -0.0547. The highest BCUT2D eigenvalue weighted by Crippen LogP contribution is 2.11. The van der Waals surface area contributed by atoms with Gasteiger partial charge in [-0.2, -0.15) is 0 Å². The Morgan fingerprint density at radius 1 is 1.40 bits per heavy atom. The molecule has 10 heavy (non-hydrogen) atoms. The van der Waals surface area contributed by atoms with E-state index in [0.717, 1.165) is 0 Å². The highest BCUT2D eigenvalue weighted by Gasteiger charge is 2.19. The molecule has 0 aromatic heterocycles. The minimum Gasteiger partial charge on any atom is -0.400 e. The lowest BCUT2D eigenvalue weighted by Crippen LogP contribution is -2.32. The van der Waals surface area contributed by atoms with Gasteiger partial charge in [-0.25, -0.2) is 0 Å². The van der Waals surface area contributed by atoms with Crippen LogP contribution in [0.25, 0.3) is 0 Å². The molecule has 0 spiro atoms. The van der Waals surface area contributed by atoms with Gasteiger partial charge in [0.1, 0.15) is 0 Å². The summed E-state index contributed by atoms with van der Waals surface area (Å²) in [5.41, 5.74) is 2.84. The Labute approximate surface area is 69.9 Å². The van der Waals surface area contributed by atoms with E-state index in [0.29, 0.717) is 6.23 Å². The van der Waals surface area contributed by atoms with E-state index in [9.17, 15) is 0 Å². The highest BCUT2D eigenvalue weighted by molar-refractivity contribution is 6.88. The molecule has 1 N–H and O–H groups in total. The van der Waals surface area contributed by atoms with Crippen molar-refractivity contribution >= 4 is 27.1 Å². The lowest BCUT2D eigenvalue weighted by Gasteiger charge is -2.20. The van der Waals surface area contributed by atoms with Gasteiger partial charge in [0.2, 0.25) is 0 Å². The molecule has 0 aliphatic heterocycles. The number of rotatable bonds is 4. The first-order valence-electron chi connectivity index (χ1n) is 4.10. The van der Waals surface area contributed by atoms with Crippen molar-refractivity contribution in [3.63, 3.8) is 0 Å². The number of aliphatic hydroxyl groups is 1. The van der Waals surface area contributed by atoms with E-state index in [1.807, 2.05) is 0 Å². The molecule has 0 heterocycles. The van der Waals surface area contributed by atoms with Crippen molar-refractivity contribution < 1.29 is 5.11 Å². The first kappa shape index (κ1) is 10.6. The molecular formula is C6H20OSi3. The molecule has 0 aliphatic carbocycles. The summed E-state index contributed by atoms with van der Waals surface area (Å²) in [5.74, 6) is 0. The molecular weight excluding hydrogens is 172 g/mol. The summed E-state index contributed by atoms with van der Waals surface area (Å²) >= 11 is 0. The second kappa shape index (κ2) is 4.48. The molecule has 1 unspecified atom stereocenters. The Bertz CT molecular complexity index is 85.5. The van der Waals surface area contributed by atoms with Crippen LogP contribution in [0.15, 0.2) is 0 Å². The third-order valence-electron chi connectivity index (χ3n) is 1.74. The fourth-order valence-corrected chi connectivity index (χ4v) is 13.4. The van der Waals surface area contributed by atoms with Gasteiger partial charge in [0, 0.05) is 14.3 Å². The van der Waals surface area contributed by atoms with Gasteiger partial charge in [-0.1, -0.05) is 31.0 Å². The van der Waals surface area contributed by atoms with Gasteiger partial charge in [-0.05, 0) is 10.2 Å². The Hall–Kier alpha value is 0.611. The molecule has 1 atom stereocenters. The normalized spacial score (nSPS) is 15.6. The molecule has 0 aliphatic rings. The number of hydrogen-bond donors (Lipinski definition) is 1. The topological polar surface area (TPSA) is 20.2 Å². The van der Waals surface area contributed by atoms with E-state index in [4.69, 9.17) is 5.11 Å². The summed E-state index contributed by atoms with van der Waals surface area (Å²) in [6, 6.07) is 0. The average molecular weight is 192 g/mol. The van der Waals surface area contributed by atoms with Gasteiger partial charge in [-0.3, -0.25) is 0 Å². The molecule has 0 rings (SSSR count). The second-order valence-electron chi connectivity index (χ2n) is 4.22. The van der Waals surface area contributed by atoms with Crippen molar-refractivity contribution in [3.05, 3.63) is 0 Å². The Balaban J connectivity index is 3.63. The second-order valence-corrected chi connectivity index (χ2v) is 16.3. The third-order valence-corrected chi connectivity index (χ3v) is 14.1. The number of aliphatic hydroxyl groups excluding tert-OH is 1. The van der Waals surface area contributed by atoms with Crippen LogP contribution in [-0.2, 0) is 0 Å². The zero-order valence-corrected chi connectivity index (χ0v) is 11.8. The average Bonchev–Trinajstić information content (AvgIpc) is 1.81. The maximum Gasteiger partial charge on any atom is 0.0615 e. The maximum absolute atomic E-state index is 9.00. The van der Waals surface area contributed by atoms with E-state index in [2.05, 4.69) is 19.6 Å². The van der Waals surface area contributed by atoms with Gasteiger partial charge < -0.3 is 5.11 Å². The quantitative estimate of drug-likeness (QED) is 0.619. The van der Waals surface area contributed by atoms with Crippen LogP contribution < -0.4 is 0 Å². The van der Waals surface area contributed by atoms with Crippen LogP contribution in [0.2, 0.25) is 31.0 Å². The summed E-state index contributed by atoms with van der Waals surface area (Å²) in [6.07, 6.45) is 0.549. The first-order valence-corrected chi connectivity index (χ1v) is 11.7. The molecule has 1 nitrogen and oxygen atoms in total. The minimum absolute atomic E-state index is 0.549. The van der Waals surface area contributed by atoms with Crippen LogP contribution in [0.4, 0.5) is 0 Å². The number of hydrogen-bond acceptors (Lipinski definition) is 1. The summed E-state index contributed by atoms with van der Waals surface area (Å²) < 4.78 is 0. The standard InChI is InChI=1S/C6H20OSi3/c1-10(2,3)6-9(4-7)5-8/h7,9H,4-6H2,1-3,8H3. The van der Waals surface area contributed by atoms with Crippen molar-refractivity contribution in [2.24, 2.45) is 0 Å². The molecule has 0 amide bonds.